The van der Waals surface area contributed by atoms with Crippen molar-refractivity contribution in [2.24, 2.45) is 5.92 Å². The molecule has 1 amide bonds. The van der Waals surface area contributed by atoms with Crippen molar-refractivity contribution in [1.29, 1.82) is 0 Å². The van der Waals surface area contributed by atoms with Gasteiger partial charge in [-0.3, -0.25) is 4.79 Å². The van der Waals surface area contributed by atoms with Gasteiger partial charge in [0.2, 0.25) is 5.91 Å². The molecule has 128 valence electrons. The number of hydrogen-bond acceptors (Lipinski definition) is 4. The van der Waals surface area contributed by atoms with Crippen LogP contribution in [0.25, 0.3) is 10.2 Å². The van der Waals surface area contributed by atoms with Gasteiger partial charge in [0.15, 0.2) is 5.13 Å². The number of aryl methyl sites for hydroxylation is 1. The lowest BCUT2D eigenvalue weighted by Crippen LogP contribution is -2.52. The number of nitrogens with one attached hydrogen (secondary N) is 1. The number of benzene rings is 2. The molecule has 0 atom stereocenters. The molecule has 2 heterocycles. The molecule has 1 aromatic heterocycles. The Morgan fingerprint density at radius 3 is 2.92 bits per heavy atom. The van der Waals surface area contributed by atoms with Crippen LogP contribution >= 0.6 is 22.9 Å². The van der Waals surface area contributed by atoms with Crippen LogP contribution in [-0.4, -0.2) is 24.0 Å². The van der Waals surface area contributed by atoms with E-state index in [1.807, 2.05) is 24.0 Å². The van der Waals surface area contributed by atoms with Crippen LogP contribution in [0.3, 0.4) is 0 Å². The van der Waals surface area contributed by atoms with E-state index in [1.165, 1.54) is 17.4 Å². The van der Waals surface area contributed by atoms with Crippen molar-refractivity contribution in [1.82, 2.24) is 4.98 Å². The molecule has 2 aromatic carbocycles. The molecule has 7 heteroatoms. The van der Waals surface area contributed by atoms with E-state index in [1.54, 1.807) is 18.2 Å². The number of fused-ring (bicyclic) bond motifs is 1. The van der Waals surface area contributed by atoms with Crippen LogP contribution in [0, 0.1) is 18.7 Å². The minimum Gasteiger partial charge on any atom is -0.346 e. The highest BCUT2D eigenvalue weighted by molar-refractivity contribution is 7.22. The number of carbonyl (C=O) groups is 1. The molecule has 0 aliphatic carbocycles. The van der Waals surface area contributed by atoms with Crippen molar-refractivity contribution < 1.29 is 9.18 Å². The first-order chi connectivity index (χ1) is 12.0. The normalized spacial score (nSPS) is 14.6. The summed E-state index contributed by atoms with van der Waals surface area (Å²) in [5.41, 5.74) is 2.10. The van der Waals surface area contributed by atoms with E-state index in [4.69, 9.17) is 11.6 Å². The Labute approximate surface area is 153 Å². The third-order valence-electron chi connectivity index (χ3n) is 4.34. The van der Waals surface area contributed by atoms with Gasteiger partial charge in [0.05, 0.1) is 10.6 Å². The molecule has 0 unspecified atom stereocenters. The number of nitrogens with zero attached hydrogens (tertiary/aromatic N) is 2. The fourth-order valence-corrected chi connectivity index (χ4v) is 3.97. The van der Waals surface area contributed by atoms with Crippen LogP contribution in [0.15, 0.2) is 36.4 Å². The van der Waals surface area contributed by atoms with Gasteiger partial charge >= 0.3 is 0 Å². The molecule has 1 saturated heterocycles. The summed E-state index contributed by atoms with van der Waals surface area (Å²) in [4.78, 5) is 18.8. The molecule has 4 rings (SSSR count). The zero-order valence-electron chi connectivity index (χ0n) is 13.4. The summed E-state index contributed by atoms with van der Waals surface area (Å²) >= 11 is 7.43. The van der Waals surface area contributed by atoms with E-state index >= 15 is 0 Å². The van der Waals surface area contributed by atoms with Crippen molar-refractivity contribution >= 4 is 49.9 Å². The molecule has 1 N–H and O–H groups in total. The molecule has 0 spiro atoms. The van der Waals surface area contributed by atoms with Crippen molar-refractivity contribution in [2.75, 3.05) is 23.3 Å². The molecule has 3 aromatic rings. The zero-order valence-corrected chi connectivity index (χ0v) is 15.0. The predicted molar refractivity (Wildman–Crippen MR) is 100 cm³/mol. The van der Waals surface area contributed by atoms with Gasteiger partial charge in [-0.15, -0.1) is 0 Å². The van der Waals surface area contributed by atoms with Crippen LogP contribution < -0.4 is 10.2 Å². The number of anilines is 2. The molecule has 1 fully saturated rings. The lowest BCUT2D eigenvalue weighted by Gasteiger charge is -2.38. The third-order valence-corrected chi connectivity index (χ3v) is 5.66. The fourth-order valence-electron chi connectivity index (χ4n) is 2.80. The maximum absolute atomic E-state index is 13.8. The minimum absolute atomic E-state index is 0.0334. The van der Waals surface area contributed by atoms with Crippen molar-refractivity contribution in [3.8, 4) is 0 Å². The SMILES string of the molecule is Cc1ccc(Cl)cc1NC(=O)C1CN(c2nc3c(F)cccc3s2)C1. The monoisotopic (exact) mass is 375 g/mol. The first-order valence-electron chi connectivity index (χ1n) is 7.88. The number of amides is 1. The van der Waals surface area contributed by atoms with Gasteiger partial charge in [0.25, 0.3) is 0 Å². The average Bonchev–Trinajstić information content (AvgIpc) is 2.94. The van der Waals surface area contributed by atoms with E-state index in [-0.39, 0.29) is 17.6 Å². The Kier molecular flexibility index (Phi) is 4.09. The third kappa shape index (κ3) is 3.07. The van der Waals surface area contributed by atoms with Crippen LogP contribution in [-0.2, 0) is 4.79 Å². The van der Waals surface area contributed by atoms with Gasteiger partial charge in [-0.05, 0) is 36.8 Å². The second-order valence-electron chi connectivity index (χ2n) is 6.13. The summed E-state index contributed by atoms with van der Waals surface area (Å²) < 4.78 is 14.6. The fraction of sp³-hybridized carbons (Fsp3) is 0.222. The van der Waals surface area contributed by atoms with E-state index in [2.05, 4.69) is 10.3 Å². The highest BCUT2D eigenvalue weighted by Crippen LogP contribution is 2.34. The lowest BCUT2D eigenvalue weighted by molar-refractivity contribution is -0.120. The Balaban J connectivity index is 1.43. The van der Waals surface area contributed by atoms with Crippen LogP contribution in [0.4, 0.5) is 15.2 Å². The Bertz CT molecular complexity index is 968. The number of hydrogen-bond donors (Lipinski definition) is 1. The Morgan fingerprint density at radius 1 is 1.36 bits per heavy atom. The summed E-state index contributed by atoms with van der Waals surface area (Å²) in [6.07, 6.45) is 0. The second-order valence-corrected chi connectivity index (χ2v) is 7.58. The molecule has 4 nitrogen and oxygen atoms in total. The van der Waals surface area contributed by atoms with E-state index in [0.717, 1.165) is 21.1 Å². The maximum atomic E-state index is 13.8. The number of thiazole rings is 1. The molecule has 1 aliphatic heterocycles. The Morgan fingerprint density at radius 2 is 2.16 bits per heavy atom. The molecular weight excluding hydrogens is 361 g/mol. The van der Waals surface area contributed by atoms with Gasteiger partial charge in [-0.2, -0.15) is 0 Å². The first-order valence-corrected chi connectivity index (χ1v) is 9.08. The molecule has 25 heavy (non-hydrogen) atoms. The summed E-state index contributed by atoms with van der Waals surface area (Å²) in [5, 5.41) is 4.28. The van der Waals surface area contributed by atoms with Gasteiger partial charge in [-0.1, -0.05) is 35.1 Å². The van der Waals surface area contributed by atoms with Crippen molar-refractivity contribution in [3.63, 3.8) is 0 Å². The number of para-hydroxylation sites is 1. The zero-order chi connectivity index (χ0) is 17.6. The average molecular weight is 376 g/mol. The molecule has 0 bridgehead atoms. The highest BCUT2D eigenvalue weighted by Gasteiger charge is 2.34. The van der Waals surface area contributed by atoms with Gasteiger partial charge in [-0.25, -0.2) is 9.37 Å². The predicted octanol–water partition coefficient (Wildman–Crippen LogP) is 4.47. The molecule has 0 radical (unpaired) electrons. The Hall–Kier alpha value is -2.18. The topological polar surface area (TPSA) is 45.2 Å². The largest absolute Gasteiger partial charge is 0.346 e. The highest BCUT2D eigenvalue weighted by atomic mass is 35.5. The number of aromatic nitrogens is 1. The van der Waals surface area contributed by atoms with Gasteiger partial charge < -0.3 is 10.2 Å². The van der Waals surface area contributed by atoms with Gasteiger partial charge in [0, 0.05) is 23.8 Å². The maximum Gasteiger partial charge on any atom is 0.231 e. The smallest absolute Gasteiger partial charge is 0.231 e. The summed E-state index contributed by atoms with van der Waals surface area (Å²) in [6, 6.07) is 10.4. The number of carbonyl (C=O) groups excluding carboxylic acids is 1. The van der Waals surface area contributed by atoms with E-state index in [0.29, 0.717) is 23.6 Å². The second kappa shape index (κ2) is 6.28. The minimum atomic E-state index is -0.314. The molecular formula is C18H15ClFN3OS. The summed E-state index contributed by atoms with van der Waals surface area (Å²) in [6.45, 7) is 3.08. The molecule has 1 aliphatic rings. The summed E-state index contributed by atoms with van der Waals surface area (Å²) in [7, 11) is 0. The summed E-state index contributed by atoms with van der Waals surface area (Å²) in [5.74, 6) is -0.463. The van der Waals surface area contributed by atoms with E-state index < -0.39 is 0 Å². The van der Waals surface area contributed by atoms with Crippen molar-refractivity contribution in [3.05, 3.63) is 52.8 Å². The lowest BCUT2D eigenvalue weighted by atomic mass is 9.99. The first kappa shape index (κ1) is 16.3. The van der Waals surface area contributed by atoms with Crippen LogP contribution in [0.5, 0.6) is 0 Å². The van der Waals surface area contributed by atoms with Crippen LogP contribution in [0.1, 0.15) is 5.56 Å². The number of halogens is 2. The van der Waals surface area contributed by atoms with E-state index in [9.17, 15) is 9.18 Å². The number of rotatable bonds is 3. The van der Waals surface area contributed by atoms with Gasteiger partial charge in [0.1, 0.15) is 11.3 Å². The molecule has 0 saturated carbocycles. The quantitative estimate of drug-likeness (QED) is 0.734. The standard InChI is InChI=1S/C18H15ClFN3OS/c1-10-5-6-12(19)7-14(10)21-17(24)11-8-23(9-11)18-22-16-13(20)3-2-4-15(16)25-18/h2-7,11H,8-9H2,1H3,(H,21,24). The van der Waals surface area contributed by atoms with Crippen molar-refractivity contribution in [2.45, 2.75) is 6.92 Å². The van der Waals surface area contributed by atoms with Crippen LogP contribution in [0.2, 0.25) is 5.02 Å².